The molecular weight excluding hydrogens is 319 g/mol. The van der Waals surface area contributed by atoms with Crippen LogP contribution in [0.1, 0.15) is 12.0 Å². The zero-order valence-electron chi connectivity index (χ0n) is 12.1. The minimum atomic E-state index is 0.0554. The van der Waals surface area contributed by atoms with Crippen LogP contribution in [0, 0.1) is 0 Å². The van der Waals surface area contributed by atoms with Crippen molar-refractivity contribution in [1.82, 2.24) is 5.32 Å². The van der Waals surface area contributed by atoms with Crippen LogP contribution < -0.4 is 10.6 Å². The van der Waals surface area contributed by atoms with Crippen LogP contribution in [0.25, 0.3) is 0 Å². The van der Waals surface area contributed by atoms with Gasteiger partial charge in [0, 0.05) is 25.2 Å². The topological polar surface area (TPSA) is 41.1 Å². The second-order valence-corrected chi connectivity index (χ2v) is 5.71. The van der Waals surface area contributed by atoms with Crippen LogP contribution in [0.15, 0.2) is 48.5 Å². The van der Waals surface area contributed by atoms with Crippen molar-refractivity contribution in [2.24, 2.45) is 0 Å². The molecule has 0 heterocycles. The van der Waals surface area contributed by atoms with Crippen molar-refractivity contribution >= 4 is 34.8 Å². The van der Waals surface area contributed by atoms with Gasteiger partial charge in [-0.3, -0.25) is 4.79 Å². The number of hydrogen-bond donors (Lipinski definition) is 2. The number of hydrogen-bond acceptors (Lipinski definition) is 2. The molecule has 0 aliphatic carbocycles. The van der Waals surface area contributed by atoms with E-state index in [0.717, 1.165) is 12.1 Å². The molecule has 0 bridgehead atoms. The van der Waals surface area contributed by atoms with Gasteiger partial charge in [0.2, 0.25) is 5.91 Å². The average molecular weight is 337 g/mol. The molecule has 0 radical (unpaired) electrons. The molecule has 0 fully saturated rings. The number of halogens is 2. The lowest BCUT2D eigenvalue weighted by atomic mass is 10.1. The molecule has 0 spiro atoms. The molecule has 116 valence electrons. The fraction of sp³-hybridized carbons (Fsp3) is 0.235. The molecule has 0 atom stereocenters. The number of benzene rings is 2. The van der Waals surface area contributed by atoms with E-state index in [2.05, 4.69) is 10.6 Å². The summed E-state index contributed by atoms with van der Waals surface area (Å²) in [7, 11) is 0. The normalized spacial score (nSPS) is 10.3. The van der Waals surface area contributed by atoms with Gasteiger partial charge in [-0.25, -0.2) is 0 Å². The number of rotatable bonds is 7. The summed E-state index contributed by atoms with van der Waals surface area (Å²) in [5.41, 5.74) is 2.06. The molecular formula is C17H18Cl2N2O. The average Bonchev–Trinajstić information content (AvgIpc) is 2.54. The summed E-state index contributed by atoms with van der Waals surface area (Å²) in [6, 6.07) is 15.3. The summed E-state index contributed by atoms with van der Waals surface area (Å²) in [6.07, 6.45) is 1.25. The van der Waals surface area contributed by atoms with Gasteiger partial charge in [-0.05, 0) is 30.2 Å². The number of amides is 1. The van der Waals surface area contributed by atoms with E-state index in [1.807, 2.05) is 36.4 Å². The molecule has 2 rings (SSSR count). The first-order valence-corrected chi connectivity index (χ1v) is 7.90. The van der Waals surface area contributed by atoms with Crippen LogP contribution in [-0.2, 0) is 11.2 Å². The van der Waals surface area contributed by atoms with E-state index >= 15 is 0 Å². The van der Waals surface area contributed by atoms with E-state index in [1.165, 1.54) is 5.56 Å². The zero-order chi connectivity index (χ0) is 15.8. The van der Waals surface area contributed by atoms with E-state index in [-0.39, 0.29) is 5.91 Å². The number of anilines is 1. The summed E-state index contributed by atoms with van der Waals surface area (Å²) in [4.78, 5) is 11.7. The van der Waals surface area contributed by atoms with E-state index in [1.54, 1.807) is 12.1 Å². The Morgan fingerprint density at radius 1 is 0.955 bits per heavy atom. The van der Waals surface area contributed by atoms with Crippen LogP contribution in [0.5, 0.6) is 0 Å². The highest BCUT2D eigenvalue weighted by Crippen LogP contribution is 2.24. The predicted molar refractivity (Wildman–Crippen MR) is 92.7 cm³/mol. The summed E-state index contributed by atoms with van der Waals surface area (Å²) < 4.78 is 0. The Kier molecular flexibility index (Phi) is 6.56. The fourth-order valence-electron chi connectivity index (χ4n) is 2.01. The lowest BCUT2D eigenvalue weighted by Gasteiger charge is -2.09. The monoisotopic (exact) mass is 336 g/mol. The Bertz CT molecular complexity index is 617. The molecule has 2 aromatic carbocycles. The molecule has 3 nitrogen and oxygen atoms in total. The third-order valence-corrected chi connectivity index (χ3v) is 3.92. The maximum absolute atomic E-state index is 11.7. The van der Waals surface area contributed by atoms with Crippen molar-refractivity contribution in [3.8, 4) is 0 Å². The summed E-state index contributed by atoms with van der Waals surface area (Å²) in [5.74, 6) is 0.0554. The molecule has 0 unspecified atom stereocenters. The van der Waals surface area contributed by atoms with Crippen LogP contribution in [0.3, 0.4) is 0 Å². The molecule has 0 saturated carbocycles. The molecule has 2 N–H and O–H groups in total. The maximum atomic E-state index is 11.7. The van der Waals surface area contributed by atoms with E-state index in [4.69, 9.17) is 23.2 Å². The molecule has 0 aliphatic heterocycles. The third kappa shape index (κ3) is 5.58. The summed E-state index contributed by atoms with van der Waals surface area (Å²) >= 11 is 11.8. The lowest BCUT2D eigenvalue weighted by molar-refractivity contribution is -0.120. The molecule has 1 amide bonds. The lowest BCUT2D eigenvalue weighted by Crippen LogP contribution is -2.28. The van der Waals surface area contributed by atoms with Crippen molar-refractivity contribution in [3.63, 3.8) is 0 Å². The van der Waals surface area contributed by atoms with Crippen molar-refractivity contribution in [2.45, 2.75) is 12.8 Å². The molecule has 5 heteroatoms. The maximum Gasteiger partial charge on any atom is 0.220 e. The van der Waals surface area contributed by atoms with Gasteiger partial charge in [0.05, 0.1) is 10.0 Å². The van der Waals surface area contributed by atoms with E-state index in [9.17, 15) is 4.79 Å². The largest absolute Gasteiger partial charge is 0.383 e. The van der Waals surface area contributed by atoms with Crippen LogP contribution in [-0.4, -0.2) is 19.0 Å². The standard InChI is InChI=1S/C17H18Cl2N2O/c18-15-8-7-14(12-16(15)19)20-10-11-21-17(22)9-6-13-4-2-1-3-5-13/h1-5,7-8,12,20H,6,9-11H2,(H,21,22). The van der Waals surface area contributed by atoms with Gasteiger partial charge in [-0.15, -0.1) is 0 Å². The first-order chi connectivity index (χ1) is 10.6. The van der Waals surface area contributed by atoms with Crippen molar-refractivity contribution in [1.29, 1.82) is 0 Å². The second kappa shape index (κ2) is 8.66. The van der Waals surface area contributed by atoms with Gasteiger partial charge in [0.15, 0.2) is 0 Å². The Labute approximate surface area is 140 Å². The van der Waals surface area contributed by atoms with Gasteiger partial charge >= 0.3 is 0 Å². The van der Waals surface area contributed by atoms with Crippen LogP contribution >= 0.6 is 23.2 Å². The minimum Gasteiger partial charge on any atom is -0.383 e. The third-order valence-electron chi connectivity index (χ3n) is 3.18. The number of aryl methyl sites for hydroxylation is 1. The van der Waals surface area contributed by atoms with Gasteiger partial charge in [0.1, 0.15) is 0 Å². The molecule has 0 saturated heterocycles. The highest BCUT2D eigenvalue weighted by molar-refractivity contribution is 6.42. The van der Waals surface area contributed by atoms with E-state index < -0.39 is 0 Å². The number of carbonyl (C=O) groups excluding carboxylic acids is 1. The predicted octanol–water partition coefficient (Wildman–Crippen LogP) is 4.15. The smallest absolute Gasteiger partial charge is 0.220 e. The number of nitrogens with one attached hydrogen (secondary N) is 2. The van der Waals surface area contributed by atoms with Crippen LogP contribution in [0.4, 0.5) is 5.69 Å². The molecule has 2 aromatic rings. The molecule has 22 heavy (non-hydrogen) atoms. The first-order valence-electron chi connectivity index (χ1n) is 7.15. The van der Waals surface area contributed by atoms with E-state index in [0.29, 0.717) is 29.6 Å². The van der Waals surface area contributed by atoms with Gasteiger partial charge < -0.3 is 10.6 Å². The Hall–Kier alpha value is -1.71. The second-order valence-electron chi connectivity index (χ2n) is 4.89. The minimum absolute atomic E-state index is 0.0554. The SMILES string of the molecule is O=C(CCc1ccccc1)NCCNc1ccc(Cl)c(Cl)c1. The Morgan fingerprint density at radius 2 is 1.73 bits per heavy atom. The van der Waals surface area contributed by atoms with Crippen LogP contribution in [0.2, 0.25) is 10.0 Å². The fourth-order valence-corrected chi connectivity index (χ4v) is 2.30. The molecule has 0 aliphatic rings. The Balaban J connectivity index is 1.63. The van der Waals surface area contributed by atoms with Crippen molar-refractivity contribution in [2.75, 3.05) is 18.4 Å². The van der Waals surface area contributed by atoms with Crippen molar-refractivity contribution < 1.29 is 4.79 Å². The summed E-state index contributed by atoms with van der Waals surface area (Å²) in [6.45, 7) is 1.20. The van der Waals surface area contributed by atoms with Gasteiger partial charge in [-0.2, -0.15) is 0 Å². The van der Waals surface area contributed by atoms with Crippen molar-refractivity contribution in [3.05, 3.63) is 64.1 Å². The summed E-state index contributed by atoms with van der Waals surface area (Å²) in [5, 5.41) is 7.11. The van der Waals surface area contributed by atoms with Gasteiger partial charge in [0.25, 0.3) is 0 Å². The highest BCUT2D eigenvalue weighted by Gasteiger charge is 2.02. The Morgan fingerprint density at radius 3 is 2.45 bits per heavy atom. The van der Waals surface area contributed by atoms with Gasteiger partial charge in [-0.1, -0.05) is 53.5 Å². The zero-order valence-corrected chi connectivity index (χ0v) is 13.6. The first kappa shape index (κ1) is 16.7. The number of carbonyl (C=O) groups is 1. The highest BCUT2D eigenvalue weighted by atomic mass is 35.5. The molecule has 0 aromatic heterocycles. The quantitative estimate of drug-likeness (QED) is 0.745.